The molecule has 2 saturated heterocycles. The molecule has 1 amide bonds. The summed E-state index contributed by atoms with van der Waals surface area (Å²) in [6.07, 6.45) is 4.21. The predicted molar refractivity (Wildman–Crippen MR) is 102 cm³/mol. The first-order valence-electron chi connectivity index (χ1n) is 9.14. The fraction of sp³-hybridized carbons (Fsp3) is 0.429. The third-order valence-corrected chi connectivity index (χ3v) is 6.77. The molecule has 3 heterocycles. The van der Waals surface area contributed by atoms with Gasteiger partial charge in [0.1, 0.15) is 4.88 Å². The lowest BCUT2D eigenvalue weighted by atomic mass is 9.84. The van der Waals surface area contributed by atoms with Gasteiger partial charge in [-0.1, -0.05) is 29.8 Å². The highest BCUT2D eigenvalue weighted by molar-refractivity contribution is 7.15. The maximum atomic E-state index is 13.1. The number of fused-ring (bicyclic) bond motifs is 2. The molecule has 4 rings (SSSR count). The molecule has 3 atom stereocenters. The molecular weight excluding hydrogens is 346 g/mol. The van der Waals surface area contributed by atoms with Gasteiger partial charge in [-0.15, -0.1) is 11.3 Å². The van der Waals surface area contributed by atoms with Crippen molar-refractivity contribution in [3.63, 3.8) is 0 Å². The zero-order valence-electron chi connectivity index (χ0n) is 15.1. The second-order valence-electron chi connectivity index (χ2n) is 7.33. The summed E-state index contributed by atoms with van der Waals surface area (Å²) in [5, 5.41) is 0. The van der Waals surface area contributed by atoms with Gasteiger partial charge in [0, 0.05) is 12.1 Å². The van der Waals surface area contributed by atoms with Gasteiger partial charge in [0.2, 0.25) is 0 Å². The normalized spacial score (nSPS) is 24.5. The van der Waals surface area contributed by atoms with E-state index in [0.717, 1.165) is 25.7 Å². The van der Waals surface area contributed by atoms with E-state index < -0.39 is 0 Å². The number of hydrogen-bond donors (Lipinski definition) is 0. The molecule has 0 aliphatic carbocycles. The van der Waals surface area contributed by atoms with Crippen LogP contribution in [-0.4, -0.2) is 36.0 Å². The molecule has 1 aromatic carbocycles. The number of hydrogen-bond acceptors (Lipinski definition) is 4. The van der Waals surface area contributed by atoms with Gasteiger partial charge in [0.15, 0.2) is 0 Å². The van der Waals surface area contributed by atoms with Crippen LogP contribution in [0.3, 0.4) is 0 Å². The summed E-state index contributed by atoms with van der Waals surface area (Å²) in [5.41, 5.74) is 2.67. The third kappa shape index (κ3) is 3.05. The summed E-state index contributed by atoms with van der Waals surface area (Å²) < 4.78 is 4.75. The number of nitrogens with zero attached hydrogens (tertiary/aromatic N) is 1. The van der Waals surface area contributed by atoms with Crippen LogP contribution in [0, 0.1) is 6.92 Å². The van der Waals surface area contributed by atoms with Gasteiger partial charge < -0.3 is 9.64 Å². The quantitative estimate of drug-likeness (QED) is 0.754. The predicted octanol–water partition coefficient (Wildman–Crippen LogP) is 4.39. The Morgan fingerprint density at radius 2 is 1.62 bits per heavy atom. The van der Waals surface area contributed by atoms with Crippen molar-refractivity contribution >= 4 is 23.2 Å². The van der Waals surface area contributed by atoms with Gasteiger partial charge in [0.05, 0.1) is 12.0 Å². The molecule has 136 valence electrons. The molecule has 0 unspecified atom stereocenters. The molecule has 0 saturated carbocycles. The summed E-state index contributed by atoms with van der Waals surface area (Å²) in [6.45, 7) is 2.11. The number of thiophene rings is 1. The van der Waals surface area contributed by atoms with E-state index in [1.54, 1.807) is 12.1 Å². The average Bonchev–Trinajstić information content (AvgIpc) is 3.24. The number of carbonyl (C=O) groups is 2. The average molecular weight is 369 g/mol. The van der Waals surface area contributed by atoms with Crippen molar-refractivity contribution in [2.24, 2.45) is 0 Å². The molecule has 2 aromatic rings. The molecule has 2 aliphatic rings. The fourth-order valence-corrected chi connectivity index (χ4v) is 5.28. The highest BCUT2D eigenvalue weighted by Gasteiger charge is 2.44. The van der Waals surface area contributed by atoms with Crippen LogP contribution in [0.25, 0.3) is 0 Å². The van der Waals surface area contributed by atoms with E-state index >= 15 is 0 Å². The highest BCUT2D eigenvalue weighted by atomic mass is 32.1. The zero-order valence-corrected chi connectivity index (χ0v) is 15.9. The van der Waals surface area contributed by atoms with Crippen molar-refractivity contribution in [2.45, 2.75) is 50.6 Å². The molecule has 2 bridgehead atoms. The van der Waals surface area contributed by atoms with E-state index in [4.69, 9.17) is 4.74 Å². The van der Waals surface area contributed by atoms with E-state index in [0.29, 0.717) is 27.8 Å². The van der Waals surface area contributed by atoms with Gasteiger partial charge in [-0.2, -0.15) is 0 Å². The monoisotopic (exact) mass is 369 g/mol. The molecule has 5 heteroatoms. The molecule has 0 radical (unpaired) electrons. The zero-order chi connectivity index (χ0) is 18.3. The van der Waals surface area contributed by atoms with Crippen LogP contribution < -0.4 is 0 Å². The van der Waals surface area contributed by atoms with Crippen molar-refractivity contribution in [1.29, 1.82) is 0 Å². The first kappa shape index (κ1) is 17.3. The Labute approximate surface area is 157 Å². The van der Waals surface area contributed by atoms with Crippen molar-refractivity contribution in [2.75, 3.05) is 7.11 Å². The van der Waals surface area contributed by atoms with Gasteiger partial charge >= 0.3 is 5.97 Å². The van der Waals surface area contributed by atoms with Crippen molar-refractivity contribution in [3.8, 4) is 0 Å². The number of aryl methyl sites for hydroxylation is 1. The van der Waals surface area contributed by atoms with E-state index in [1.807, 2.05) is 0 Å². The Morgan fingerprint density at radius 1 is 1.00 bits per heavy atom. The highest BCUT2D eigenvalue weighted by Crippen LogP contribution is 2.44. The van der Waals surface area contributed by atoms with Gasteiger partial charge in [-0.05, 0) is 56.2 Å². The number of piperidine rings is 1. The Balaban J connectivity index is 1.51. The van der Waals surface area contributed by atoms with Crippen molar-refractivity contribution in [1.82, 2.24) is 4.90 Å². The lowest BCUT2D eigenvalue weighted by Gasteiger charge is -2.39. The minimum absolute atomic E-state index is 0.0695. The molecule has 0 spiro atoms. The van der Waals surface area contributed by atoms with E-state index in [1.165, 1.54) is 29.6 Å². The molecule has 4 nitrogen and oxygen atoms in total. The molecule has 2 fully saturated rings. The second-order valence-corrected chi connectivity index (χ2v) is 8.42. The number of carbonyl (C=O) groups excluding carboxylic acids is 2. The van der Waals surface area contributed by atoms with E-state index in [-0.39, 0.29) is 11.9 Å². The third-order valence-electron chi connectivity index (χ3n) is 5.72. The molecular formula is C21H23NO3S. The van der Waals surface area contributed by atoms with Gasteiger partial charge in [-0.3, -0.25) is 4.79 Å². The van der Waals surface area contributed by atoms with Crippen LogP contribution in [0.5, 0.6) is 0 Å². The van der Waals surface area contributed by atoms with Crippen LogP contribution >= 0.6 is 11.3 Å². The minimum atomic E-state index is -0.380. The van der Waals surface area contributed by atoms with Crippen molar-refractivity contribution < 1.29 is 14.3 Å². The van der Waals surface area contributed by atoms with Crippen LogP contribution in [-0.2, 0) is 4.74 Å². The SMILES string of the molecule is COC(=O)c1ccc(C(=O)N2[C@@H]3CC[C@H]2C[C@@H](c2ccc(C)cc2)C3)s1. The minimum Gasteiger partial charge on any atom is -0.465 e. The number of ether oxygens (including phenoxy) is 1. The summed E-state index contributed by atoms with van der Waals surface area (Å²) in [4.78, 5) is 27.9. The van der Waals surface area contributed by atoms with Crippen LogP contribution in [0.1, 0.15) is 62.1 Å². The Bertz CT molecular complexity index is 812. The standard InChI is InChI=1S/C21H23NO3S/c1-13-3-5-14(6-4-13)15-11-16-7-8-17(12-15)22(16)20(23)18-9-10-19(26-18)21(24)25-2/h3-6,9-10,15-17H,7-8,11-12H2,1-2H3/t15-,16+,17-. The van der Waals surface area contributed by atoms with Gasteiger partial charge in [-0.25, -0.2) is 4.79 Å². The number of methoxy groups -OCH3 is 1. The summed E-state index contributed by atoms with van der Waals surface area (Å²) >= 11 is 1.23. The first-order chi connectivity index (χ1) is 12.6. The number of amides is 1. The lowest BCUT2D eigenvalue weighted by molar-refractivity contribution is 0.0575. The molecule has 1 aromatic heterocycles. The Morgan fingerprint density at radius 3 is 2.23 bits per heavy atom. The lowest BCUT2D eigenvalue weighted by Crippen LogP contribution is -2.45. The van der Waals surface area contributed by atoms with E-state index in [9.17, 15) is 9.59 Å². The molecule has 2 aliphatic heterocycles. The van der Waals surface area contributed by atoms with E-state index in [2.05, 4.69) is 36.1 Å². The van der Waals surface area contributed by atoms with Crippen LogP contribution in [0.2, 0.25) is 0 Å². The Kier molecular flexibility index (Phi) is 4.57. The first-order valence-corrected chi connectivity index (χ1v) is 9.96. The van der Waals surface area contributed by atoms with Gasteiger partial charge in [0.25, 0.3) is 5.91 Å². The number of esters is 1. The smallest absolute Gasteiger partial charge is 0.348 e. The summed E-state index contributed by atoms with van der Waals surface area (Å²) in [7, 11) is 1.36. The summed E-state index contributed by atoms with van der Waals surface area (Å²) in [6, 6.07) is 12.9. The maximum absolute atomic E-state index is 13.1. The Hall–Kier alpha value is -2.14. The molecule has 26 heavy (non-hydrogen) atoms. The van der Waals surface area contributed by atoms with Crippen molar-refractivity contribution in [3.05, 3.63) is 57.3 Å². The van der Waals surface area contributed by atoms with Crippen LogP contribution in [0.15, 0.2) is 36.4 Å². The topological polar surface area (TPSA) is 46.6 Å². The maximum Gasteiger partial charge on any atom is 0.348 e. The van der Waals surface area contributed by atoms with Crippen LogP contribution in [0.4, 0.5) is 0 Å². The largest absolute Gasteiger partial charge is 0.465 e. The summed E-state index contributed by atoms with van der Waals surface area (Å²) in [5.74, 6) is 0.223. The molecule has 0 N–H and O–H groups in total. The second kappa shape index (κ2) is 6.88. The number of benzene rings is 1. The number of rotatable bonds is 3. The fourth-order valence-electron chi connectivity index (χ4n) is 4.41.